The fourth-order valence-corrected chi connectivity index (χ4v) is 1.78. The number of hydrogen-bond acceptors (Lipinski definition) is 3. The Morgan fingerprint density at radius 3 is 2.24 bits per heavy atom. The number of amides is 1. The average Bonchev–Trinajstić information content (AvgIpc) is 2.26. The lowest BCUT2D eigenvalue weighted by molar-refractivity contribution is -0.138. The fourth-order valence-electron chi connectivity index (χ4n) is 1.78. The average molecular weight is 240 g/mol. The molecule has 5 nitrogen and oxygen atoms in total. The van der Waals surface area contributed by atoms with E-state index in [2.05, 4.69) is 4.90 Å². The molecule has 1 saturated heterocycles. The van der Waals surface area contributed by atoms with Crippen LogP contribution >= 0.6 is 0 Å². The zero-order chi connectivity index (χ0) is 12.8. The summed E-state index contributed by atoms with van der Waals surface area (Å²) in [5, 5.41) is 8.58. The van der Waals surface area contributed by atoms with Gasteiger partial charge in [0, 0.05) is 38.8 Å². The van der Waals surface area contributed by atoms with Crippen LogP contribution in [0.15, 0.2) is 11.6 Å². The number of nitrogens with zero attached hydrogens (tertiary/aromatic N) is 2. The normalized spacial score (nSPS) is 16.7. The van der Waals surface area contributed by atoms with Crippen molar-refractivity contribution < 1.29 is 14.7 Å². The van der Waals surface area contributed by atoms with E-state index in [9.17, 15) is 9.59 Å². The molecule has 0 spiro atoms. The lowest BCUT2D eigenvalue weighted by atomic mass is 10.2. The Morgan fingerprint density at radius 1 is 1.18 bits per heavy atom. The van der Waals surface area contributed by atoms with Crippen molar-refractivity contribution in [2.45, 2.75) is 20.3 Å². The minimum absolute atomic E-state index is 0.0582. The van der Waals surface area contributed by atoms with Gasteiger partial charge >= 0.3 is 5.97 Å². The predicted molar refractivity (Wildman–Crippen MR) is 64.7 cm³/mol. The molecule has 1 rings (SSSR count). The molecule has 0 radical (unpaired) electrons. The Balaban J connectivity index is 2.33. The van der Waals surface area contributed by atoms with Gasteiger partial charge in [0.15, 0.2) is 0 Å². The third-order valence-electron chi connectivity index (χ3n) is 2.74. The highest BCUT2D eigenvalue weighted by Crippen LogP contribution is 2.04. The zero-order valence-corrected chi connectivity index (χ0v) is 10.5. The Morgan fingerprint density at radius 2 is 1.76 bits per heavy atom. The van der Waals surface area contributed by atoms with Crippen LogP contribution in [-0.4, -0.2) is 59.5 Å². The Hall–Kier alpha value is -1.36. The summed E-state index contributed by atoms with van der Waals surface area (Å²) in [6, 6.07) is 0. The lowest BCUT2D eigenvalue weighted by Crippen LogP contribution is -2.48. The minimum atomic E-state index is -0.770. The van der Waals surface area contributed by atoms with Gasteiger partial charge in [0.2, 0.25) is 5.91 Å². The van der Waals surface area contributed by atoms with Crippen molar-refractivity contribution in [2.24, 2.45) is 0 Å². The van der Waals surface area contributed by atoms with Crippen LogP contribution in [0.4, 0.5) is 0 Å². The van der Waals surface area contributed by atoms with E-state index < -0.39 is 5.97 Å². The summed E-state index contributed by atoms with van der Waals surface area (Å²) in [5.74, 6) is -0.712. The maximum absolute atomic E-state index is 11.7. The summed E-state index contributed by atoms with van der Waals surface area (Å²) in [5.41, 5.74) is 1.00. The molecule has 17 heavy (non-hydrogen) atoms. The van der Waals surface area contributed by atoms with Crippen molar-refractivity contribution in [3.05, 3.63) is 11.6 Å². The van der Waals surface area contributed by atoms with Gasteiger partial charge in [-0.1, -0.05) is 5.57 Å². The molecule has 5 heteroatoms. The number of aliphatic carboxylic acids is 1. The summed E-state index contributed by atoms with van der Waals surface area (Å²) >= 11 is 0. The van der Waals surface area contributed by atoms with Gasteiger partial charge in [-0.25, -0.2) is 0 Å². The smallest absolute Gasteiger partial charge is 0.304 e. The quantitative estimate of drug-likeness (QED) is 0.730. The van der Waals surface area contributed by atoms with Crippen LogP contribution in [0, 0.1) is 0 Å². The van der Waals surface area contributed by atoms with Gasteiger partial charge in [0.1, 0.15) is 0 Å². The maximum atomic E-state index is 11.7. The Bertz CT molecular complexity index is 314. The standard InChI is InChI=1S/C12H20N2O3/c1-10(2)9-11(15)14-7-5-13(6-8-14)4-3-12(16)17/h9H,3-8H2,1-2H3,(H,16,17). The highest BCUT2D eigenvalue weighted by Gasteiger charge is 2.19. The molecule has 1 N–H and O–H groups in total. The van der Waals surface area contributed by atoms with Gasteiger partial charge in [-0.3, -0.25) is 14.5 Å². The second-order valence-electron chi connectivity index (χ2n) is 4.53. The minimum Gasteiger partial charge on any atom is -0.481 e. The van der Waals surface area contributed by atoms with E-state index >= 15 is 0 Å². The first-order chi connectivity index (χ1) is 7.99. The topological polar surface area (TPSA) is 60.9 Å². The second kappa shape index (κ2) is 6.39. The van der Waals surface area contributed by atoms with Gasteiger partial charge < -0.3 is 10.0 Å². The van der Waals surface area contributed by atoms with E-state index in [1.807, 2.05) is 18.7 Å². The molecule has 0 atom stereocenters. The van der Waals surface area contributed by atoms with Crippen molar-refractivity contribution in [3.63, 3.8) is 0 Å². The van der Waals surface area contributed by atoms with Crippen molar-refractivity contribution in [1.82, 2.24) is 9.80 Å². The van der Waals surface area contributed by atoms with Crippen molar-refractivity contribution in [1.29, 1.82) is 0 Å². The number of allylic oxidation sites excluding steroid dienone is 1. The van der Waals surface area contributed by atoms with E-state index in [0.717, 1.165) is 18.7 Å². The highest BCUT2D eigenvalue weighted by molar-refractivity contribution is 5.88. The molecular formula is C12H20N2O3. The Labute approximate surface area is 102 Å². The molecule has 0 aromatic carbocycles. The molecule has 0 saturated carbocycles. The first-order valence-electron chi connectivity index (χ1n) is 5.87. The molecular weight excluding hydrogens is 220 g/mol. The number of carboxylic acid groups (broad SMARTS) is 1. The number of carboxylic acids is 1. The van der Waals surface area contributed by atoms with Crippen molar-refractivity contribution >= 4 is 11.9 Å². The lowest BCUT2D eigenvalue weighted by Gasteiger charge is -2.34. The monoisotopic (exact) mass is 240 g/mol. The number of carbonyl (C=O) groups excluding carboxylic acids is 1. The first-order valence-corrected chi connectivity index (χ1v) is 5.87. The number of carbonyl (C=O) groups is 2. The van der Waals surface area contributed by atoms with E-state index in [1.165, 1.54) is 0 Å². The fraction of sp³-hybridized carbons (Fsp3) is 0.667. The molecule has 0 bridgehead atoms. The maximum Gasteiger partial charge on any atom is 0.304 e. The molecule has 96 valence electrons. The van der Waals surface area contributed by atoms with Crippen LogP contribution < -0.4 is 0 Å². The van der Waals surface area contributed by atoms with Gasteiger partial charge in [0.25, 0.3) is 0 Å². The number of rotatable bonds is 4. The largest absolute Gasteiger partial charge is 0.481 e. The van der Waals surface area contributed by atoms with Crippen LogP contribution in [0.25, 0.3) is 0 Å². The van der Waals surface area contributed by atoms with Crippen LogP contribution in [0.1, 0.15) is 20.3 Å². The molecule has 1 heterocycles. The number of hydrogen-bond donors (Lipinski definition) is 1. The first kappa shape index (κ1) is 13.7. The molecule has 1 amide bonds. The molecule has 1 fully saturated rings. The highest BCUT2D eigenvalue weighted by atomic mass is 16.4. The molecule has 1 aliphatic rings. The molecule has 0 aliphatic carbocycles. The van der Waals surface area contributed by atoms with E-state index in [1.54, 1.807) is 6.08 Å². The van der Waals surface area contributed by atoms with E-state index in [-0.39, 0.29) is 12.3 Å². The summed E-state index contributed by atoms with van der Waals surface area (Å²) in [6.07, 6.45) is 1.81. The SMILES string of the molecule is CC(C)=CC(=O)N1CCN(CCC(=O)O)CC1. The van der Waals surface area contributed by atoms with Crippen molar-refractivity contribution in [2.75, 3.05) is 32.7 Å². The van der Waals surface area contributed by atoms with E-state index in [0.29, 0.717) is 19.6 Å². The molecule has 1 aliphatic heterocycles. The summed E-state index contributed by atoms with van der Waals surface area (Å²) in [6.45, 7) is 7.26. The third-order valence-corrected chi connectivity index (χ3v) is 2.74. The van der Waals surface area contributed by atoms with Crippen LogP contribution in [-0.2, 0) is 9.59 Å². The van der Waals surface area contributed by atoms with Crippen molar-refractivity contribution in [3.8, 4) is 0 Å². The van der Waals surface area contributed by atoms with Crippen LogP contribution in [0.2, 0.25) is 0 Å². The van der Waals surface area contributed by atoms with E-state index in [4.69, 9.17) is 5.11 Å². The molecule has 0 aromatic heterocycles. The number of piperazine rings is 1. The van der Waals surface area contributed by atoms with Gasteiger partial charge in [-0.05, 0) is 13.8 Å². The van der Waals surface area contributed by atoms with Crippen LogP contribution in [0.5, 0.6) is 0 Å². The van der Waals surface area contributed by atoms with Gasteiger partial charge in [-0.2, -0.15) is 0 Å². The third kappa shape index (κ3) is 4.99. The summed E-state index contributed by atoms with van der Waals surface area (Å²) in [4.78, 5) is 26.0. The van der Waals surface area contributed by atoms with Gasteiger partial charge in [0.05, 0.1) is 6.42 Å². The predicted octanol–water partition coefficient (Wildman–Crippen LogP) is 0.572. The molecule has 0 unspecified atom stereocenters. The van der Waals surface area contributed by atoms with Crippen LogP contribution in [0.3, 0.4) is 0 Å². The summed E-state index contributed by atoms with van der Waals surface area (Å²) in [7, 11) is 0. The second-order valence-corrected chi connectivity index (χ2v) is 4.53. The molecule has 0 aromatic rings. The summed E-state index contributed by atoms with van der Waals surface area (Å²) < 4.78 is 0. The Kier molecular flexibility index (Phi) is 5.15. The zero-order valence-electron chi connectivity index (χ0n) is 10.5. The van der Waals surface area contributed by atoms with Gasteiger partial charge in [-0.15, -0.1) is 0 Å².